The normalized spacial score (nSPS) is 21.9. The Labute approximate surface area is 190 Å². The van der Waals surface area contributed by atoms with E-state index in [1.165, 1.54) is 12.3 Å². The number of carbonyl (C=O) groups is 1. The van der Waals surface area contributed by atoms with Gasteiger partial charge in [0.15, 0.2) is 16.5 Å². The Hall–Kier alpha value is -2.49. The van der Waals surface area contributed by atoms with Crippen LogP contribution in [0.25, 0.3) is 11.1 Å². The van der Waals surface area contributed by atoms with E-state index in [-0.39, 0.29) is 22.9 Å². The average molecular weight is 475 g/mol. The highest BCUT2D eigenvalue weighted by atomic mass is 35.5. The number of nitrogens with zero attached hydrogens (tertiary/aromatic N) is 2. The van der Waals surface area contributed by atoms with Gasteiger partial charge in [0.25, 0.3) is 5.91 Å². The molecule has 1 amide bonds. The molecule has 2 aliphatic rings. The quantitative estimate of drug-likeness (QED) is 0.584. The number of hydrogen-bond acceptors (Lipinski definition) is 7. The summed E-state index contributed by atoms with van der Waals surface area (Å²) in [6.07, 6.45) is 4.65. The first kappa shape index (κ1) is 21.4. The Kier molecular flexibility index (Phi) is 5.65. The summed E-state index contributed by atoms with van der Waals surface area (Å²) in [5.41, 5.74) is 1.79. The van der Waals surface area contributed by atoms with Crippen molar-refractivity contribution in [2.45, 2.75) is 47.9 Å². The maximum absolute atomic E-state index is 12.8. The number of pyridine rings is 1. The molecule has 1 saturated heterocycles. The highest BCUT2D eigenvalue weighted by Gasteiger charge is 2.34. The Morgan fingerprint density at radius 3 is 2.62 bits per heavy atom. The maximum Gasteiger partial charge on any atom is 0.251 e. The van der Waals surface area contributed by atoms with Gasteiger partial charge < -0.3 is 15.1 Å². The number of sulfone groups is 1. The minimum absolute atomic E-state index is 0.0154. The molecule has 1 saturated carbocycles. The van der Waals surface area contributed by atoms with Gasteiger partial charge in [-0.15, -0.1) is 0 Å². The van der Waals surface area contributed by atoms with Crippen molar-refractivity contribution >= 4 is 38.4 Å². The van der Waals surface area contributed by atoms with Gasteiger partial charge in [-0.2, -0.15) is 0 Å². The lowest BCUT2D eigenvalue weighted by Crippen LogP contribution is -2.51. The van der Waals surface area contributed by atoms with Gasteiger partial charge in [-0.05, 0) is 56.0 Å². The second-order valence-corrected chi connectivity index (χ2v) is 11.0. The smallest absolute Gasteiger partial charge is 0.251 e. The van der Waals surface area contributed by atoms with Crippen molar-refractivity contribution in [2.24, 2.45) is 0 Å². The van der Waals surface area contributed by atoms with E-state index in [9.17, 15) is 13.2 Å². The van der Waals surface area contributed by atoms with Gasteiger partial charge in [-0.25, -0.2) is 18.4 Å². The molecule has 2 fully saturated rings. The molecule has 8 nitrogen and oxygen atoms in total. The first-order valence-electron chi connectivity index (χ1n) is 10.7. The lowest BCUT2D eigenvalue weighted by atomic mass is 9.86. The summed E-state index contributed by atoms with van der Waals surface area (Å²) >= 11 is 6.03. The molecule has 0 bridgehead atoms. The van der Waals surface area contributed by atoms with Gasteiger partial charge in [0.05, 0.1) is 5.25 Å². The van der Waals surface area contributed by atoms with E-state index in [1.807, 2.05) is 6.07 Å². The van der Waals surface area contributed by atoms with Crippen LogP contribution in [0.15, 0.2) is 46.0 Å². The van der Waals surface area contributed by atoms with E-state index in [1.54, 1.807) is 18.2 Å². The van der Waals surface area contributed by atoms with Crippen molar-refractivity contribution < 1.29 is 17.6 Å². The first-order chi connectivity index (χ1) is 15.4. The zero-order valence-electron chi connectivity index (χ0n) is 17.3. The summed E-state index contributed by atoms with van der Waals surface area (Å²) in [5.74, 6) is 0.625. The largest absolute Gasteiger partial charge is 0.440 e. The van der Waals surface area contributed by atoms with Crippen molar-refractivity contribution in [1.29, 1.82) is 0 Å². The molecule has 1 aliphatic heterocycles. The summed E-state index contributed by atoms with van der Waals surface area (Å²) in [5, 5.41) is 6.09. The van der Waals surface area contributed by atoms with Crippen LogP contribution in [-0.4, -0.2) is 48.7 Å². The SMILES string of the molecule is O=C(NC1CCC(c2nc3cc(Cl)ccc3o2)CC1)c1ccnc(S(=O)(=O)C2CNC2)c1. The van der Waals surface area contributed by atoms with E-state index in [2.05, 4.69) is 20.6 Å². The minimum atomic E-state index is -3.52. The Balaban J connectivity index is 1.21. The summed E-state index contributed by atoms with van der Waals surface area (Å²) < 4.78 is 31.1. The Bertz CT molecular complexity index is 1260. The number of rotatable bonds is 5. The topological polar surface area (TPSA) is 114 Å². The second kappa shape index (κ2) is 8.46. The molecule has 1 aromatic carbocycles. The zero-order chi connectivity index (χ0) is 22.3. The fourth-order valence-electron chi connectivity index (χ4n) is 4.21. The first-order valence-corrected chi connectivity index (χ1v) is 12.6. The number of carbonyl (C=O) groups excluding carboxylic acids is 1. The molecule has 10 heteroatoms. The Morgan fingerprint density at radius 1 is 1.12 bits per heavy atom. The molecule has 2 aromatic heterocycles. The van der Waals surface area contributed by atoms with Crippen LogP contribution >= 0.6 is 11.6 Å². The van der Waals surface area contributed by atoms with Crippen LogP contribution in [0, 0.1) is 0 Å². The molecular weight excluding hydrogens is 452 g/mol. The third-order valence-corrected chi connectivity index (χ3v) is 8.50. The lowest BCUT2D eigenvalue weighted by Gasteiger charge is -2.27. The minimum Gasteiger partial charge on any atom is -0.440 e. The molecule has 2 N–H and O–H groups in total. The van der Waals surface area contributed by atoms with Gasteiger partial charge in [0.2, 0.25) is 9.84 Å². The highest BCUT2D eigenvalue weighted by Crippen LogP contribution is 2.34. The van der Waals surface area contributed by atoms with Crippen molar-refractivity contribution in [3.63, 3.8) is 0 Å². The van der Waals surface area contributed by atoms with Gasteiger partial charge in [-0.3, -0.25) is 4.79 Å². The fourth-order valence-corrected chi connectivity index (χ4v) is 5.89. The number of halogens is 1. The molecule has 0 unspecified atom stereocenters. The predicted molar refractivity (Wildman–Crippen MR) is 120 cm³/mol. The molecule has 0 atom stereocenters. The molecule has 1 aliphatic carbocycles. The molecule has 32 heavy (non-hydrogen) atoms. The molecule has 5 rings (SSSR count). The summed E-state index contributed by atoms with van der Waals surface area (Å²) in [4.78, 5) is 21.3. The predicted octanol–water partition coefficient (Wildman–Crippen LogP) is 3.08. The lowest BCUT2D eigenvalue weighted by molar-refractivity contribution is 0.0924. The van der Waals surface area contributed by atoms with Gasteiger partial charge >= 0.3 is 0 Å². The number of nitrogens with one attached hydrogen (secondary N) is 2. The van der Waals surface area contributed by atoms with Crippen LogP contribution in [-0.2, 0) is 9.84 Å². The standard InChI is InChI=1S/C22H23ClN4O4S/c23-15-3-6-19-18(10-15)27-22(31-19)13-1-4-16(5-2-13)26-21(28)14-7-8-25-20(9-14)32(29,30)17-11-24-12-17/h3,6-10,13,16-17,24H,1-2,4-5,11-12H2,(H,26,28). The average Bonchev–Trinajstić information content (AvgIpc) is 3.16. The number of oxazole rings is 1. The maximum atomic E-state index is 12.8. The number of aromatic nitrogens is 2. The van der Waals surface area contributed by atoms with Crippen molar-refractivity contribution in [3.05, 3.63) is 53.0 Å². The van der Waals surface area contributed by atoms with E-state index >= 15 is 0 Å². The number of amides is 1. The van der Waals surface area contributed by atoms with E-state index < -0.39 is 15.1 Å². The second-order valence-electron chi connectivity index (χ2n) is 8.39. The van der Waals surface area contributed by atoms with Crippen LogP contribution in [0.2, 0.25) is 5.02 Å². The van der Waals surface area contributed by atoms with E-state index in [0.717, 1.165) is 36.8 Å². The number of fused-ring (bicyclic) bond motifs is 1. The monoisotopic (exact) mass is 474 g/mol. The molecule has 0 spiro atoms. The molecule has 168 valence electrons. The summed E-state index contributed by atoms with van der Waals surface area (Å²) in [6, 6.07) is 8.33. The third-order valence-electron chi connectivity index (χ3n) is 6.25. The zero-order valence-corrected chi connectivity index (χ0v) is 18.8. The fraction of sp³-hybridized carbons (Fsp3) is 0.409. The summed E-state index contributed by atoms with van der Waals surface area (Å²) in [7, 11) is -3.52. The van der Waals surface area contributed by atoms with Gasteiger partial charge in [0, 0.05) is 41.8 Å². The van der Waals surface area contributed by atoms with Gasteiger partial charge in [-0.1, -0.05) is 11.6 Å². The van der Waals surface area contributed by atoms with Crippen LogP contribution < -0.4 is 10.6 Å². The van der Waals surface area contributed by atoms with E-state index in [4.69, 9.17) is 16.0 Å². The van der Waals surface area contributed by atoms with Gasteiger partial charge in [0.1, 0.15) is 5.52 Å². The molecule has 3 aromatic rings. The molecular formula is C22H23ClN4O4S. The summed E-state index contributed by atoms with van der Waals surface area (Å²) in [6.45, 7) is 0.827. The van der Waals surface area contributed by atoms with Crippen molar-refractivity contribution in [2.75, 3.05) is 13.1 Å². The molecule has 3 heterocycles. The Morgan fingerprint density at radius 2 is 1.91 bits per heavy atom. The van der Waals surface area contributed by atoms with Crippen molar-refractivity contribution in [1.82, 2.24) is 20.6 Å². The van der Waals surface area contributed by atoms with Crippen LogP contribution in [0.4, 0.5) is 0 Å². The van der Waals surface area contributed by atoms with Crippen LogP contribution in [0.3, 0.4) is 0 Å². The molecule has 0 radical (unpaired) electrons. The van der Waals surface area contributed by atoms with Crippen LogP contribution in [0.5, 0.6) is 0 Å². The van der Waals surface area contributed by atoms with E-state index in [0.29, 0.717) is 29.6 Å². The van der Waals surface area contributed by atoms with Crippen LogP contribution in [0.1, 0.15) is 47.8 Å². The van der Waals surface area contributed by atoms with Crippen molar-refractivity contribution in [3.8, 4) is 0 Å². The number of hydrogen-bond donors (Lipinski definition) is 2. The number of benzene rings is 1. The third kappa shape index (κ3) is 4.12. The highest BCUT2D eigenvalue weighted by molar-refractivity contribution is 7.92.